The van der Waals surface area contributed by atoms with Crippen LogP contribution in [-0.4, -0.2) is 19.1 Å². The normalized spacial score (nSPS) is 11.6. The lowest BCUT2D eigenvalue weighted by molar-refractivity contribution is 0.582. The molecule has 0 aliphatic heterocycles. The SMILES string of the molecule is Cc1ccnc(N(C)C)c1C(C)(C)C. The van der Waals surface area contributed by atoms with Crippen molar-refractivity contribution in [1.82, 2.24) is 4.98 Å². The van der Waals surface area contributed by atoms with Gasteiger partial charge in [-0.1, -0.05) is 20.8 Å². The van der Waals surface area contributed by atoms with Crippen LogP contribution in [0, 0.1) is 6.92 Å². The summed E-state index contributed by atoms with van der Waals surface area (Å²) in [5, 5.41) is 0. The number of pyridine rings is 1. The molecule has 78 valence electrons. The van der Waals surface area contributed by atoms with Gasteiger partial charge in [0, 0.05) is 25.9 Å². The lowest BCUT2D eigenvalue weighted by Gasteiger charge is -2.27. The van der Waals surface area contributed by atoms with Gasteiger partial charge in [-0.15, -0.1) is 0 Å². The molecule has 1 aromatic heterocycles. The molecule has 0 saturated carbocycles. The number of hydrogen-bond acceptors (Lipinski definition) is 2. The molecule has 0 bridgehead atoms. The van der Waals surface area contributed by atoms with Crippen molar-refractivity contribution in [2.45, 2.75) is 33.1 Å². The van der Waals surface area contributed by atoms with Crippen LogP contribution in [0.1, 0.15) is 31.9 Å². The van der Waals surface area contributed by atoms with E-state index in [2.05, 4.69) is 43.6 Å². The number of aryl methyl sites for hydroxylation is 1. The van der Waals surface area contributed by atoms with E-state index in [4.69, 9.17) is 0 Å². The maximum atomic E-state index is 4.43. The minimum absolute atomic E-state index is 0.151. The summed E-state index contributed by atoms with van der Waals surface area (Å²) in [6.45, 7) is 8.83. The number of anilines is 1. The first-order valence-electron chi connectivity index (χ1n) is 4.97. The van der Waals surface area contributed by atoms with Gasteiger partial charge in [-0.25, -0.2) is 4.98 Å². The Bertz CT molecular complexity index is 322. The molecule has 2 nitrogen and oxygen atoms in total. The van der Waals surface area contributed by atoms with Crippen molar-refractivity contribution in [3.8, 4) is 0 Å². The number of nitrogens with zero attached hydrogens (tertiary/aromatic N) is 2. The molecule has 0 saturated heterocycles. The highest BCUT2D eigenvalue weighted by atomic mass is 15.1. The summed E-state index contributed by atoms with van der Waals surface area (Å²) in [5.74, 6) is 1.08. The Balaban J connectivity index is 3.38. The molecule has 0 aromatic carbocycles. The summed E-state index contributed by atoms with van der Waals surface area (Å²) in [7, 11) is 4.08. The van der Waals surface area contributed by atoms with Crippen molar-refractivity contribution in [2.24, 2.45) is 0 Å². The van der Waals surface area contributed by atoms with Crippen molar-refractivity contribution in [2.75, 3.05) is 19.0 Å². The monoisotopic (exact) mass is 192 g/mol. The van der Waals surface area contributed by atoms with Gasteiger partial charge in [0.1, 0.15) is 5.82 Å². The summed E-state index contributed by atoms with van der Waals surface area (Å²) >= 11 is 0. The maximum Gasteiger partial charge on any atom is 0.131 e. The van der Waals surface area contributed by atoms with Crippen LogP contribution in [0.2, 0.25) is 0 Å². The molecule has 0 aliphatic carbocycles. The molecule has 1 rings (SSSR count). The fourth-order valence-corrected chi connectivity index (χ4v) is 1.81. The molecule has 14 heavy (non-hydrogen) atoms. The average Bonchev–Trinajstić information content (AvgIpc) is 2.01. The van der Waals surface area contributed by atoms with Crippen LogP contribution in [0.5, 0.6) is 0 Å². The topological polar surface area (TPSA) is 16.1 Å². The molecule has 0 radical (unpaired) electrons. The number of rotatable bonds is 1. The standard InChI is InChI=1S/C12H20N2/c1-9-7-8-13-11(14(5)6)10(9)12(2,3)4/h7-8H,1-6H3. The predicted octanol–water partition coefficient (Wildman–Crippen LogP) is 2.75. The minimum atomic E-state index is 0.151. The lowest BCUT2D eigenvalue weighted by atomic mass is 9.84. The molecule has 0 aliphatic rings. The molecule has 0 amide bonds. The quantitative estimate of drug-likeness (QED) is 0.680. The van der Waals surface area contributed by atoms with Crippen LogP contribution in [0.25, 0.3) is 0 Å². The van der Waals surface area contributed by atoms with E-state index in [1.165, 1.54) is 11.1 Å². The smallest absolute Gasteiger partial charge is 0.131 e. The Hall–Kier alpha value is -1.05. The molecule has 0 fully saturated rings. The van der Waals surface area contributed by atoms with Gasteiger partial charge in [-0.05, 0) is 24.0 Å². The third-order valence-corrected chi connectivity index (χ3v) is 2.31. The van der Waals surface area contributed by atoms with Gasteiger partial charge in [-0.2, -0.15) is 0 Å². The second-order valence-corrected chi connectivity index (χ2v) is 4.97. The highest BCUT2D eigenvalue weighted by Gasteiger charge is 2.21. The second-order valence-electron chi connectivity index (χ2n) is 4.97. The first-order valence-corrected chi connectivity index (χ1v) is 4.97. The molecule has 2 heteroatoms. The fraction of sp³-hybridized carbons (Fsp3) is 0.583. The van der Waals surface area contributed by atoms with E-state index in [0.717, 1.165) is 5.82 Å². The molecular formula is C12H20N2. The number of hydrogen-bond donors (Lipinski definition) is 0. The Morgan fingerprint density at radius 3 is 2.14 bits per heavy atom. The van der Waals surface area contributed by atoms with Crippen LogP contribution in [-0.2, 0) is 5.41 Å². The maximum absolute atomic E-state index is 4.43. The Morgan fingerprint density at radius 2 is 1.79 bits per heavy atom. The second kappa shape index (κ2) is 3.60. The van der Waals surface area contributed by atoms with Crippen LogP contribution in [0.15, 0.2) is 12.3 Å². The van der Waals surface area contributed by atoms with Gasteiger partial charge in [0.15, 0.2) is 0 Å². The van der Waals surface area contributed by atoms with Gasteiger partial charge in [0.25, 0.3) is 0 Å². The molecule has 1 aromatic rings. The summed E-state index contributed by atoms with van der Waals surface area (Å²) in [6, 6.07) is 2.08. The first kappa shape index (κ1) is 11.0. The zero-order valence-corrected chi connectivity index (χ0v) is 10.0. The third-order valence-electron chi connectivity index (χ3n) is 2.31. The molecule has 0 unspecified atom stereocenters. The molecule has 1 heterocycles. The Labute approximate surface area is 87.0 Å². The molecule has 0 spiro atoms. The van der Waals surface area contributed by atoms with E-state index in [1.54, 1.807) is 0 Å². The van der Waals surface area contributed by atoms with Gasteiger partial charge < -0.3 is 4.90 Å². The van der Waals surface area contributed by atoms with Crippen molar-refractivity contribution < 1.29 is 0 Å². The highest BCUT2D eigenvalue weighted by Crippen LogP contribution is 2.31. The summed E-state index contributed by atoms with van der Waals surface area (Å²) < 4.78 is 0. The molecular weight excluding hydrogens is 172 g/mol. The van der Waals surface area contributed by atoms with Crippen LogP contribution in [0.3, 0.4) is 0 Å². The average molecular weight is 192 g/mol. The zero-order chi connectivity index (χ0) is 10.9. The van der Waals surface area contributed by atoms with Gasteiger partial charge in [0.05, 0.1) is 0 Å². The molecule has 0 N–H and O–H groups in total. The van der Waals surface area contributed by atoms with E-state index in [-0.39, 0.29) is 5.41 Å². The Morgan fingerprint density at radius 1 is 1.21 bits per heavy atom. The minimum Gasteiger partial charge on any atom is -0.362 e. The van der Waals surface area contributed by atoms with Crippen molar-refractivity contribution in [1.29, 1.82) is 0 Å². The summed E-state index contributed by atoms with van der Waals surface area (Å²) in [4.78, 5) is 6.51. The van der Waals surface area contributed by atoms with Crippen molar-refractivity contribution in [3.05, 3.63) is 23.4 Å². The van der Waals surface area contributed by atoms with Crippen LogP contribution >= 0.6 is 0 Å². The van der Waals surface area contributed by atoms with Crippen LogP contribution < -0.4 is 4.90 Å². The van der Waals surface area contributed by atoms with Gasteiger partial charge >= 0.3 is 0 Å². The Kier molecular flexibility index (Phi) is 2.84. The largest absolute Gasteiger partial charge is 0.362 e. The van der Waals surface area contributed by atoms with Crippen LogP contribution in [0.4, 0.5) is 5.82 Å². The summed E-state index contributed by atoms with van der Waals surface area (Å²) in [6.07, 6.45) is 1.87. The lowest BCUT2D eigenvalue weighted by Crippen LogP contribution is -2.21. The van der Waals surface area contributed by atoms with E-state index in [1.807, 2.05) is 20.3 Å². The van der Waals surface area contributed by atoms with E-state index >= 15 is 0 Å². The third kappa shape index (κ3) is 2.06. The fourth-order valence-electron chi connectivity index (χ4n) is 1.81. The predicted molar refractivity (Wildman–Crippen MR) is 62.0 cm³/mol. The van der Waals surface area contributed by atoms with Crippen molar-refractivity contribution in [3.63, 3.8) is 0 Å². The van der Waals surface area contributed by atoms with E-state index < -0.39 is 0 Å². The van der Waals surface area contributed by atoms with Gasteiger partial charge in [0.2, 0.25) is 0 Å². The first-order chi connectivity index (χ1) is 6.34. The van der Waals surface area contributed by atoms with E-state index in [0.29, 0.717) is 0 Å². The molecule has 0 atom stereocenters. The van der Waals surface area contributed by atoms with Gasteiger partial charge in [-0.3, -0.25) is 0 Å². The van der Waals surface area contributed by atoms with Crippen molar-refractivity contribution >= 4 is 5.82 Å². The zero-order valence-electron chi connectivity index (χ0n) is 10.0. The highest BCUT2D eigenvalue weighted by molar-refractivity contribution is 5.52. The van der Waals surface area contributed by atoms with E-state index in [9.17, 15) is 0 Å². The summed E-state index contributed by atoms with van der Waals surface area (Å²) in [5.41, 5.74) is 2.80. The number of aromatic nitrogens is 1.